The van der Waals surface area contributed by atoms with Gasteiger partial charge in [0.2, 0.25) is 5.88 Å². The van der Waals surface area contributed by atoms with E-state index >= 15 is 0 Å². The molecule has 0 saturated heterocycles. The Kier molecular flexibility index (Phi) is 5.80. The number of esters is 1. The highest BCUT2D eigenvalue weighted by Gasteiger charge is 2.43. The summed E-state index contributed by atoms with van der Waals surface area (Å²) in [7, 11) is 1.29. The van der Waals surface area contributed by atoms with Gasteiger partial charge in [-0.2, -0.15) is 0 Å². The molecule has 6 heteroatoms. The first-order valence-electron chi connectivity index (χ1n) is 10.3. The fourth-order valence-electron chi connectivity index (χ4n) is 4.33. The summed E-state index contributed by atoms with van der Waals surface area (Å²) in [5.41, 5.74) is 8.64. The highest BCUT2D eigenvalue weighted by atomic mass is 16.5. The van der Waals surface area contributed by atoms with Gasteiger partial charge in [0.15, 0.2) is 5.78 Å². The molecule has 0 amide bonds. The van der Waals surface area contributed by atoms with Crippen LogP contribution in [0.25, 0.3) is 0 Å². The van der Waals surface area contributed by atoms with Crippen LogP contribution in [0.15, 0.2) is 77.4 Å². The second-order valence-corrected chi connectivity index (χ2v) is 7.58. The molecule has 0 aromatic heterocycles. The van der Waals surface area contributed by atoms with Crippen LogP contribution in [0.2, 0.25) is 0 Å². The van der Waals surface area contributed by atoms with Crippen molar-refractivity contribution in [3.05, 3.63) is 88.5 Å². The fraction of sp³-hybridized carbons (Fsp3) is 0.280. The van der Waals surface area contributed by atoms with Gasteiger partial charge in [-0.15, -0.1) is 0 Å². The summed E-state index contributed by atoms with van der Waals surface area (Å²) in [5.74, 6) is -0.0934. The molecular weight excluding hydrogens is 394 g/mol. The van der Waals surface area contributed by atoms with Crippen LogP contribution in [-0.2, 0) is 19.1 Å². The second kappa shape index (κ2) is 8.68. The number of methoxy groups -OCH3 is 1. The van der Waals surface area contributed by atoms with Crippen LogP contribution in [0.4, 0.5) is 0 Å². The van der Waals surface area contributed by atoms with Gasteiger partial charge in [0.1, 0.15) is 17.1 Å². The number of hydrogen-bond donors (Lipinski definition) is 1. The van der Waals surface area contributed by atoms with Gasteiger partial charge in [-0.25, -0.2) is 4.79 Å². The minimum absolute atomic E-state index is 0.000840. The van der Waals surface area contributed by atoms with E-state index in [0.717, 1.165) is 11.1 Å². The topological polar surface area (TPSA) is 87.8 Å². The molecule has 160 valence electrons. The maximum absolute atomic E-state index is 13.4. The summed E-state index contributed by atoms with van der Waals surface area (Å²) in [5, 5.41) is 0. The number of ether oxygens (including phenoxy) is 3. The summed E-state index contributed by atoms with van der Waals surface area (Å²) in [6.45, 7) is 2.46. The molecule has 2 aromatic rings. The first kappa shape index (κ1) is 20.7. The first-order valence-corrected chi connectivity index (χ1v) is 10.3. The van der Waals surface area contributed by atoms with Crippen molar-refractivity contribution in [1.29, 1.82) is 0 Å². The lowest BCUT2D eigenvalue weighted by molar-refractivity contribution is -0.136. The van der Waals surface area contributed by atoms with E-state index in [1.54, 1.807) is 0 Å². The number of carbonyl (C=O) groups excluding carboxylic acids is 2. The van der Waals surface area contributed by atoms with Crippen LogP contribution >= 0.6 is 0 Å². The number of ketones is 1. The Morgan fingerprint density at radius 3 is 2.42 bits per heavy atom. The molecule has 2 N–H and O–H groups in total. The van der Waals surface area contributed by atoms with E-state index in [1.165, 1.54) is 7.11 Å². The minimum Gasteiger partial charge on any atom is -0.494 e. The lowest BCUT2D eigenvalue weighted by atomic mass is 9.73. The molecule has 2 atom stereocenters. The molecule has 6 nitrogen and oxygen atoms in total. The normalized spacial score (nSPS) is 20.8. The summed E-state index contributed by atoms with van der Waals surface area (Å²) in [6, 6.07) is 17.2. The number of rotatable bonds is 5. The smallest absolute Gasteiger partial charge is 0.340 e. The Morgan fingerprint density at radius 2 is 1.77 bits per heavy atom. The van der Waals surface area contributed by atoms with Crippen LogP contribution in [0.3, 0.4) is 0 Å². The van der Waals surface area contributed by atoms with Crippen molar-refractivity contribution in [2.75, 3.05) is 13.7 Å². The largest absolute Gasteiger partial charge is 0.494 e. The van der Waals surface area contributed by atoms with E-state index in [2.05, 4.69) is 0 Å². The van der Waals surface area contributed by atoms with Crippen molar-refractivity contribution in [2.24, 2.45) is 5.73 Å². The Morgan fingerprint density at radius 1 is 1.06 bits per heavy atom. The van der Waals surface area contributed by atoms with Crippen molar-refractivity contribution < 1.29 is 23.8 Å². The molecule has 0 fully saturated rings. The molecular formula is C25H25NO5. The van der Waals surface area contributed by atoms with E-state index in [9.17, 15) is 9.59 Å². The summed E-state index contributed by atoms with van der Waals surface area (Å²) in [4.78, 5) is 25.9. The third kappa shape index (κ3) is 3.93. The van der Waals surface area contributed by atoms with Crippen LogP contribution in [0, 0.1) is 0 Å². The molecule has 31 heavy (non-hydrogen) atoms. The van der Waals surface area contributed by atoms with E-state index in [4.69, 9.17) is 19.9 Å². The molecule has 1 aliphatic heterocycles. The summed E-state index contributed by atoms with van der Waals surface area (Å²) >= 11 is 0. The number of carbonyl (C=O) groups is 2. The van der Waals surface area contributed by atoms with Gasteiger partial charge < -0.3 is 19.9 Å². The average molecular weight is 419 g/mol. The third-order valence-electron chi connectivity index (χ3n) is 5.74. The molecule has 0 spiro atoms. The summed E-state index contributed by atoms with van der Waals surface area (Å²) < 4.78 is 16.3. The Bertz CT molecular complexity index is 1050. The first-order chi connectivity index (χ1) is 15.0. The predicted molar refractivity (Wildman–Crippen MR) is 115 cm³/mol. The predicted octanol–water partition coefficient (Wildman–Crippen LogP) is 3.94. The van der Waals surface area contributed by atoms with Crippen molar-refractivity contribution in [3.63, 3.8) is 0 Å². The Labute approximate surface area is 181 Å². The summed E-state index contributed by atoms with van der Waals surface area (Å²) in [6.07, 6.45) is 0.877. The van der Waals surface area contributed by atoms with Crippen molar-refractivity contribution >= 4 is 11.8 Å². The van der Waals surface area contributed by atoms with Crippen molar-refractivity contribution in [1.82, 2.24) is 0 Å². The van der Waals surface area contributed by atoms with E-state index in [-0.39, 0.29) is 23.2 Å². The molecule has 2 aliphatic rings. The van der Waals surface area contributed by atoms with Gasteiger partial charge in [0.05, 0.1) is 19.6 Å². The monoisotopic (exact) mass is 419 g/mol. The zero-order valence-electron chi connectivity index (χ0n) is 17.6. The standard InChI is InChI=1S/C25H25NO5/c1-3-30-18-11-9-16(10-12-18)21-22-19(27)13-17(15-7-5-4-6-8-15)14-20(22)31-24(26)23(21)25(28)29-2/h4-12,17,21H,3,13-14,26H2,1-2H3/t17-,21+/m0/s1. The molecule has 2 aromatic carbocycles. The van der Waals surface area contributed by atoms with Gasteiger partial charge in [0, 0.05) is 18.4 Å². The number of Topliss-reactive ketones (excluding diaryl/α,β-unsaturated/α-hetero) is 1. The van der Waals surface area contributed by atoms with Crippen molar-refractivity contribution in [3.8, 4) is 5.75 Å². The molecule has 4 rings (SSSR count). The number of benzene rings is 2. The minimum atomic E-state index is -0.643. The number of nitrogens with two attached hydrogens (primary N) is 1. The van der Waals surface area contributed by atoms with E-state index < -0.39 is 11.9 Å². The number of hydrogen-bond acceptors (Lipinski definition) is 6. The van der Waals surface area contributed by atoms with Gasteiger partial charge in [0.25, 0.3) is 0 Å². The Balaban J connectivity index is 1.78. The maximum atomic E-state index is 13.4. The van der Waals surface area contributed by atoms with Gasteiger partial charge in [-0.05, 0) is 36.1 Å². The van der Waals surface area contributed by atoms with Gasteiger partial charge in [-0.1, -0.05) is 42.5 Å². The lowest BCUT2D eigenvalue weighted by Gasteiger charge is -2.35. The molecule has 1 heterocycles. The maximum Gasteiger partial charge on any atom is 0.340 e. The third-order valence-corrected chi connectivity index (χ3v) is 5.74. The van der Waals surface area contributed by atoms with Crippen LogP contribution < -0.4 is 10.5 Å². The highest BCUT2D eigenvalue weighted by molar-refractivity contribution is 6.03. The van der Waals surface area contributed by atoms with Crippen LogP contribution in [-0.4, -0.2) is 25.5 Å². The van der Waals surface area contributed by atoms with Gasteiger partial charge >= 0.3 is 5.97 Å². The SMILES string of the molecule is CCOc1ccc([C@H]2C(C(=O)OC)=C(N)OC3=C2C(=O)C[C@H](c2ccccc2)C3)cc1. The molecule has 0 unspecified atom stereocenters. The zero-order valence-corrected chi connectivity index (χ0v) is 17.6. The molecule has 1 aliphatic carbocycles. The average Bonchev–Trinajstić information content (AvgIpc) is 2.79. The van der Waals surface area contributed by atoms with Crippen molar-refractivity contribution in [2.45, 2.75) is 31.6 Å². The lowest BCUT2D eigenvalue weighted by Crippen LogP contribution is -2.32. The van der Waals surface area contributed by atoms with Crippen LogP contribution in [0.5, 0.6) is 5.75 Å². The van der Waals surface area contributed by atoms with Crippen LogP contribution in [0.1, 0.15) is 42.7 Å². The number of allylic oxidation sites excluding steroid dienone is 2. The molecule has 0 radical (unpaired) electrons. The zero-order chi connectivity index (χ0) is 22.0. The molecule has 0 bridgehead atoms. The quantitative estimate of drug-likeness (QED) is 0.739. The highest BCUT2D eigenvalue weighted by Crippen LogP contribution is 2.47. The fourth-order valence-corrected chi connectivity index (χ4v) is 4.33. The Hall–Kier alpha value is -3.54. The second-order valence-electron chi connectivity index (χ2n) is 7.58. The van der Waals surface area contributed by atoms with E-state index in [1.807, 2.05) is 61.5 Å². The van der Waals surface area contributed by atoms with E-state index in [0.29, 0.717) is 36.5 Å². The molecule has 0 saturated carbocycles. The van der Waals surface area contributed by atoms with Gasteiger partial charge in [-0.3, -0.25) is 4.79 Å².